The summed E-state index contributed by atoms with van der Waals surface area (Å²) in [5, 5.41) is -0.0392. The second-order valence-electron chi connectivity index (χ2n) is 4.75. The van der Waals surface area contributed by atoms with Gasteiger partial charge in [0, 0.05) is 12.0 Å². The fraction of sp³-hybridized carbons (Fsp3) is 0.133. The second kappa shape index (κ2) is 6.10. The number of rotatable bonds is 2. The summed E-state index contributed by atoms with van der Waals surface area (Å²) in [6, 6.07) is 6.63. The Kier molecular flexibility index (Phi) is 4.58. The maximum atomic E-state index is 13.8. The number of nitrogens with two attached hydrogens (primary N) is 1. The SMILES string of the molecule is Cl.NC(=O)c1ccc(F)c2c1OC(c1ccc(F)c(Cl)c1)C2. The van der Waals surface area contributed by atoms with Crippen LogP contribution in [0.3, 0.4) is 0 Å². The van der Waals surface area contributed by atoms with Crippen molar-refractivity contribution in [3.8, 4) is 5.75 Å². The number of halogens is 4. The molecule has 2 N–H and O–H groups in total. The molecule has 1 amide bonds. The zero-order valence-corrected chi connectivity index (χ0v) is 12.7. The Balaban J connectivity index is 0.00000176. The average Bonchev–Trinajstić information content (AvgIpc) is 2.87. The van der Waals surface area contributed by atoms with Gasteiger partial charge in [-0.25, -0.2) is 8.78 Å². The monoisotopic (exact) mass is 345 g/mol. The summed E-state index contributed by atoms with van der Waals surface area (Å²) in [5.74, 6) is -1.55. The molecule has 7 heteroatoms. The van der Waals surface area contributed by atoms with Crippen molar-refractivity contribution in [2.45, 2.75) is 12.5 Å². The van der Waals surface area contributed by atoms with E-state index in [-0.39, 0.29) is 40.7 Å². The average molecular weight is 346 g/mol. The first kappa shape index (κ1) is 16.5. The van der Waals surface area contributed by atoms with Gasteiger partial charge in [-0.2, -0.15) is 0 Å². The molecule has 1 aliphatic rings. The lowest BCUT2D eigenvalue weighted by Crippen LogP contribution is -2.13. The molecule has 1 atom stereocenters. The highest BCUT2D eigenvalue weighted by molar-refractivity contribution is 6.30. The van der Waals surface area contributed by atoms with Gasteiger partial charge < -0.3 is 10.5 Å². The van der Waals surface area contributed by atoms with Gasteiger partial charge in [0.15, 0.2) is 0 Å². The first-order chi connectivity index (χ1) is 9.97. The number of primary amides is 1. The molecule has 1 heterocycles. The van der Waals surface area contributed by atoms with Crippen LogP contribution >= 0.6 is 24.0 Å². The lowest BCUT2D eigenvalue weighted by molar-refractivity contribution is 0.0995. The van der Waals surface area contributed by atoms with E-state index < -0.39 is 23.6 Å². The van der Waals surface area contributed by atoms with E-state index in [1.165, 1.54) is 30.3 Å². The van der Waals surface area contributed by atoms with E-state index in [2.05, 4.69) is 0 Å². The van der Waals surface area contributed by atoms with E-state index in [0.717, 1.165) is 0 Å². The molecule has 1 aliphatic heterocycles. The first-order valence-corrected chi connectivity index (χ1v) is 6.58. The third-order valence-electron chi connectivity index (χ3n) is 3.43. The highest BCUT2D eigenvalue weighted by atomic mass is 35.5. The first-order valence-electron chi connectivity index (χ1n) is 6.20. The molecule has 0 bridgehead atoms. The van der Waals surface area contributed by atoms with Gasteiger partial charge in [-0.05, 0) is 29.8 Å². The molecule has 0 aliphatic carbocycles. The van der Waals surface area contributed by atoms with E-state index in [1.54, 1.807) is 0 Å². The van der Waals surface area contributed by atoms with E-state index in [0.29, 0.717) is 5.56 Å². The van der Waals surface area contributed by atoms with Crippen molar-refractivity contribution >= 4 is 29.9 Å². The van der Waals surface area contributed by atoms with Crippen molar-refractivity contribution < 1.29 is 18.3 Å². The minimum Gasteiger partial charge on any atom is -0.484 e. The van der Waals surface area contributed by atoms with Gasteiger partial charge in [0.05, 0.1) is 10.6 Å². The van der Waals surface area contributed by atoms with Crippen molar-refractivity contribution in [1.29, 1.82) is 0 Å². The normalized spacial score (nSPS) is 15.7. The van der Waals surface area contributed by atoms with Crippen molar-refractivity contribution in [1.82, 2.24) is 0 Å². The molecule has 1 unspecified atom stereocenters. The van der Waals surface area contributed by atoms with E-state index in [9.17, 15) is 13.6 Å². The Morgan fingerprint density at radius 1 is 1.23 bits per heavy atom. The number of carbonyl (C=O) groups excluding carboxylic acids is 1. The highest BCUT2D eigenvalue weighted by Gasteiger charge is 2.31. The molecular weight excluding hydrogens is 335 g/mol. The van der Waals surface area contributed by atoms with Crippen molar-refractivity contribution in [2.24, 2.45) is 5.73 Å². The number of hydrogen-bond acceptors (Lipinski definition) is 2. The van der Waals surface area contributed by atoms with Gasteiger partial charge in [0.2, 0.25) is 0 Å². The van der Waals surface area contributed by atoms with Crippen LogP contribution in [0, 0.1) is 11.6 Å². The van der Waals surface area contributed by atoms with E-state index >= 15 is 0 Å². The summed E-state index contributed by atoms with van der Waals surface area (Å²) >= 11 is 5.74. The van der Waals surface area contributed by atoms with Crippen LogP contribution in [0.2, 0.25) is 5.02 Å². The van der Waals surface area contributed by atoms with Crippen LogP contribution < -0.4 is 10.5 Å². The van der Waals surface area contributed by atoms with Crippen LogP contribution in [0.15, 0.2) is 30.3 Å². The van der Waals surface area contributed by atoms with Gasteiger partial charge in [-0.3, -0.25) is 4.79 Å². The maximum absolute atomic E-state index is 13.8. The smallest absolute Gasteiger partial charge is 0.252 e. The number of ether oxygens (including phenoxy) is 1. The molecule has 0 fully saturated rings. The Labute approximate surface area is 136 Å². The second-order valence-corrected chi connectivity index (χ2v) is 5.16. The van der Waals surface area contributed by atoms with Crippen molar-refractivity contribution in [3.63, 3.8) is 0 Å². The predicted molar refractivity (Wildman–Crippen MR) is 80.6 cm³/mol. The van der Waals surface area contributed by atoms with Gasteiger partial charge in [0.1, 0.15) is 23.5 Å². The molecule has 0 spiro atoms. The summed E-state index contributed by atoms with van der Waals surface area (Å²) in [7, 11) is 0. The number of fused-ring (bicyclic) bond motifs is 1. The molecule has 0 saturated heterocycles. The maximum Gasteiger partial charge on any atom is 0.252 e. The molecule has 0 saturated carbocycles. The van der Waals surface area contributed by atoms with Crippen LogP contribution in [0.4, 0.5) is 8.78 Å². The van der Waals surface area contributed by atoms with Crippen LogP contribution in [-0.2, 0) is 6.42 Å². The van der Waals surface area contributed by atoms with Gasteiger partial charge in [-0.15, -0.1) is 12.4 Å². The zero-order chi connectivity index (χ0) is 15.1. The van der Waals surface area contributed by atoms with Crippen molar-refractivity contribution in [2.75, 3.05) is 0 Å². The van der Waals surface area contributed by atoms with Crippen LogP contribution in [0.25, 0.3) is 0 Å². The molecule has 22 heavy (non-hydrogen) atoms. The molecule has 2 aromatic rings. The summed E-state index contributed by atoms with van der Waals surface area (Å²) in [5.41, 5.74) is 6.27. The minimum atomic E-state index is -0.691. The Hall–Kier alpha value is -1.85. The van der Waals surface area contributed by atoms with Crippen LogP contribution in [-0.4, -0.2) is 5.91 Å². The van der Waals surface area contributed by atoms with Crippen molar-refractivity contribution in [3.05, 3.63) is 63.7 Å². The van der Waals surface area contributed by atoms with Gasteiger partial charge in [-0.1, -0.05) is 17.7 Å². The third kappa shape index (κ3) is 2.74. The molecule has 3 rings (SSSR count). The van der Waals surface area contributed by atoms with E-state index in [1.807, 2.05) is 0 Å². The summed E-state index contributed by atoms with van der Waals surface area (Å²) in [4.78, 5) is 11.4. The summed E-state index contributed by atoms with van der Waals surface area (Å²) in [6.45, 7) is 0. The predicted octanol–water partition coefficient (Wildman–Crippen LogP) is 3.82. The number of amides is 1. The number of carbonyl (C=O) groups is 1. The molecular formula is C15H11Cl2F2NO2. The fourth-order valence-electron chi connectivity index (χ4n) is 2.39. The molecule has 3 nitrogen and oxygen atoms in total. The topological polar surface area (TPSA) is 52.3 Å². The summed E-state index contributed by atoms with van der Waals surface area (Å²) in [6.07, 6.45) is -0.308. The highest BCUT2D eigenvalue weighted by Crippen LogP contribution is 2.41. The lowest BCUT2D eigenvalue weighted by Gasteiger charge is -2.12. The lowest BCUT2D eigenvalue weighted by atomic mass is 10.0. The fourth-order valence-corrected chi connectivity index (χ4v) is 2.58. The summed E-state index contributed by atoms with van der Waals surface area (Å²) < 4.78 is 32.7. The minimum absolute atomic E-state index is 0. The van der Waals surface area contributed by atoms with Crippen LogP contribution in [0.5, 0.6) is 5.75 Å². The number of benzene rings is 2. The number of hydrogen-bond donors (Lipinski definition) is 1. The standard InChI is InChI=1S/C15H10ClF2NO2.ClH/c16-10-5-7(1-3-12(10)18)13-6-9-11(17)4-2-8(15(19)20)14(9)21-13;/h1-5,13H,6H2,(H2,19,20);1H. The van der Waals surface area contributed by atoms with Crippen LogP contribution in [0.1, 0.15) is 27.6 Å². The molecule has 2 aromatic carbocycles. The third-order valence-corrected chi connectivity index (χ3v) is 3.72. The van der Waals surface area contributed by atoms with Gasteiger partial charge >= 0.3 is 0 Å². The zero-order valence-electron chi connectivity index (χ0n) is 11.1. The quantitative estimate of drug-likeness (QED) is 0.899. The molecule has 0 radical (unpaired) electrons. The van der Waals surface area contributed by atoms with E-state index in [4.69, 9.17) is 22.1 Å². The Morgan fingerprint density at radius 3 is 2.55 bits per heavy atom. The Bertz CT molecular complexity index is 753. The molecule has 0 aromatic heterocycles. The molecule has 116 valence electrons. The Morgan fingerprint density at radius 2 is 1.91 bits per heavy atom. The largest absolute Gasteiger partial charge is 0.484 e. The van der Waals surface area contributed by atoms with Gasteiger partial charge in [0.25, 0.3) is 5.91 Å².